The number of hydrogen-bond donors (Lipinski definition) is 1. The Hall–Kier alpha value is -1.62. The highest BCUT2D eigenvalue weighted by atomic mass is 79.9. The lowest BCUT2D eigenvalue weighted by atomic mass is 10.3. The van der Waals surface area contributed by atoms with Crippen molar-refractivity contribution in [2.45, 2.75) is 6.92 Å². The van der Waals surface area contributed by atoms with Gasteiger partial charge in [-0.3, -0.25) is 0 Å². The lowest BCUT2D eigenvalue weighted by molar-refractivity contribution is 0.441. The minimum Gasteiger partial charge on any atom is -0.454 e. The number of hydrogen-bond acceptors (Lipinski definition) is 3. The summed E-state index contributed by atoms with van der Waals surface area (Å²) in [6.45, 7) is 2.74. The number of halogens is 2. The molecule has 0 saturated carbocycles. The second kappa shape index (κ2) is 5.82. The maximum absolute atomic E-state index is 13.5. The van der Waals surface area contributed by atoms with Crippen molar-refractivity contribution in [3.8, 4) is 11.5 Å². The van der Waals surface area contributed by atoms with Crippen molar-refractivity contribution < 1.29 is 9.13 Å². The summed E-state index contributed by atoms with van der Waals surface area (Å²) in [7, 11) is 0. The number of ether oxygens (including phenoxy) is 1. The van der Waals surface area contributed by atoms with Crippen LogP contribution in [0, 0.1) is 5.82 Å². The lowest BCUT2D eigenvalue weighted by Crippen LogP contribution is -1.99. The van der Waals surface area contributed by atoms with E-state index in [-0.39, 0.29) is 5.75 Å². The van der Waals surface area contributed by atoms with Crippen molar-refractivity contribution in [1.82, 2.24) is 4.98 Å². The van der Waals surface area contributed by atoms with Crippen LogP contribution in [-0.4, -0.2) is 11.5 Å². The minimum atomic E-state index is -0.403. The molecule has 0 fully saturated rings. The Morgan fingerprint density at radius 3 is 2.94 bits per heavy atom. The highest BCUT2D eigenvalue weighted by molar-refractivity contribution is 9.10. The molecular weight excluding hydrogens is 299 g/mol. The Morgan fingerprint density at radius 1 is 1.33 bits per heavy atom. The zero-order chi connectivity index (χ0) is 13.0. The highest BCUT2D eigenvalue weighted by Gasteiger charge is 2.06. The number of benzene rings is 1. The van der Waals surface area contributed by atoms with Crippen molar-refractivity contribution in [3.63, 3.8) is 0 Å². The van der Waals surface area contributed by atoms with E-state index in [2.05, 4.69) is 26.2 Å². The molecule has 1 N–H and O–H groups in total. The summed E-state index contributed by atoms with van der Waals surface area (Å²) in [5.74, 6) is 1.02. The standard InChI is InChI=1S/C13H12BrFN2O/c1-2-16-13-8-10(5-6-17-13)18-12-7-9(14)3-4-11(12)15/h3-8H,2H2,1H3,(H,16,17). The summed E-state index contributed by atoms with van der Waals surface area (Å²) in [5, 5.41) is 3.07. The Labute approximate surface area is 113 Å². The molecule has 1 aromatic carbocycles. The van der Waals surface area contributed by atoms with Crippen LogP contribution in [0.1, 0.15) is 6.92 Å². The molecule has 0 atom stereocenters. The fraction of sp³-hybridized carbons (Fsp3) is 0.154. The van der Waals surface area contributed by atoms with E-state index in [1.807, 2.05) is 6.92 Å². The number of rotatable bonds is 4. The molecular formula is C13H12BrFN2O. The van der Waals surface area contributed by atoms with E-state index in [1.54, 1.807) is 30.5 Å². The maximum Gasteiger partial charge on any atom is 0.165 e. The van der Waals surface area contributed by atoms with Gasteiger partial charge in [-0.05, 0) is 31.2 Å². The van der Waals surface area contributed by atoms with E-state index in [0.717, 1.165) is 11.0 Å². The van der Waals surface area contributed by atoms with E-state index in [4.69, 9.17) is 4.74 Å². The average molecular weight is 311 g/mol. The molecule has 94 valence electrons. The largest absolute Gasteiger partial charge is 0.454 e. The number of anilines is 1. The third-order valence-corrected chi connectivity index (χ3v) is 2.70. The van der Waals surface area contributed by atoms with Gasteiger partial charge in [0.1, 0.15) is 11.6 Å². The topological polar surface area (TPSA) is 34.1 Å². The van der Waals surface area contributed by atoms with Crippen LogP contribution in [0.4, 0.5) is 10.2 Å². The van der Waals surface area contributed by atoms with Gasteiger partial charge in [0.2, 0.25) is 0 Å². The second-order valence-electron chi connectivity index (χ2n) is 3.58. The van der Waals surface area contributed by atoms with Gasteiger partial charge < -0.3 is 10.1 Å². The molecule has 1 aromatic heterocycles. The lowest BCUT2D eigenvalue weighted by Gasteiger charge is -2.08. The summed E-state index contributed by atoms with van der Waals surface area (Å²) in [4.78, 5) is 4.12. The SMILES string of the molecule is CCNc1cc(Oc2cc(Br)ccc2F)ccn1. The third kappa shape index (κ3) is 3.20. The first-order chi connectivity index (χ1) is 8.69. The normalized spacial score (nSPS) is 10.2. The van der Waals surface area contributed by atoms with Gasteiger partial charge in [-0.1, -0.05) is 15.9 Å². The van der Waals surface area contributed by atoms with Crippen LogP contribution in [0.5, 0.6) is 11.5 Å². The third-order valence-electron chi connectivity index (χ3n) is 2.21. The quantitative estimate of drug-likeness (QED) is 0.918. The predicted molar refractivity (Wildman–Crippen MR) is 72.6 cm³/mol. The van der Waals surface area contributed by atoms with Crippen LogP contribution in [0.2, 0.25) is 0 Å². The molecule has 3 nitrogen and oxygen atoms in total. The Balaban J connectivity index is 2.22. The van der Waals surface area contributed by atoms with E-state index in [1.165, 1.54) is 6.07 Å². The zero-order valence-electron chi connectivity index (χ0n) is 9.78. The number of nitrogens with one attached hydrogen (secondary N) is 1. The summed E-state index contributed by atoms with van der Waals surface area (Å²) in [5.41, 5.74) is 0. The molecule has 2 rings (SSSR count). The van der Waals surface area contributed by atoms with Gasteiger partial charge in [-0.2, -0.15) is 0 Å². The number of aromatic nitrogens is 1. The fourth-order valence-electron chi connectivity index (χ4n) is 1.43. The first kappa shape index (κ1) is 12.8. The van der Waals surface area contributed by atoms with Gasteiger partial charge in [0.05, 0.1) is 0 Å². The molecule has 0 amide bonds. The monoisotopic (exact) mass is 310 g/mol. The van der Waals surface area contributed by atoms with Crippen LogP contribution < -0.4 is 10.1 Å². The Morgan fingerprint density at radius 2 is 2.17 bits per heavy atom. The molecule has 0 saturated heterocycles. The molecule has 0 spiro atoms. The Kier molecular flexibility index (Phi) is 4.15. The maximum atomic E-state index is 13.5. The van der Waals surface area contributed by atoms with Crippen molar-refractivity contribution in [1.29, 1.82) is 0 Å². The van der Waals surface area contributed by atoms with Gasteiger partial charge in [0, 0.05) is 23.3 Å². The van der Waals surface area contributed by atoms with Crippen LogP contribution in [0.3, 0.4) is 0 Å². The first-order valence-corrected chi connectivity index (χ1v) is 6.31. The molecule has 0 aliphatic carbocycles. The second-order valence-corrected chi connectivity index (χ2v) is 4.50. The number of pyridine rings is 1. The smallest absolute Gasteiger partial charge is 0.165 e. The molecule has 0 aliphatic heterocycles. The zero-order valence-corrected chi connectivity index (χ0v) is 11.4. The van der Waals surface area contributed by atoms with Crippen molar-refractivity contribution >= 4 is 21.7 Å². The van der Waals surface area contributed by atoms with Crippen molar-refractivity contribution in [2.75, 3.05) is 11.9 Å². The van der Waals surface area contributed by atoms with Gasteiger partial charge in [0.15, 0.2) is 11.6 Å². The van der Waals surface area contributed by atoms with Crippen molar-refractivity contribution in [3.05, 3.63) is 46.8 Å². The van der Waals surface area contributed by atoms with Gasteiger partial charge in [-0.15, -0.1) is 0 Å². The molecule has 5 heteroatoms. The van der Waals surface area contributed by atoms with Gasteiger partial charge in [0.25, 0.3) is 0 Å². The van der Waals surface area contributed by atoms with E-state index in [0.29, 0.717) is 11.6 Å². The summed E-state index contributed by atoms with van der Waals surface area (Å²) in [6.07, 6.45) is 1.61. The predicted octanol–water partition coefficient (Wildman–Crippen LogP) is 4.21. The van der Waals surface area contributed by atoms with E-state index >= 15 is 0 Å². The Bertz CT molecular complexity index is 548. The first-order valence-electron chi connectivity index (χ1n) is 5.52. The highest BCUT2D eigenvalue weighted by Crippen LogP contribution is 2.28. The van der Waals surface area contributed by atoms with E-state index in [9.17, 15) is 4.39 Å². The fourth-order valence-corrected chi connectivity index (χ4v) is 1.77. The molecule has 0 aliphatic rings. The van der Waals surface area contributed by atoms with Crippen LogP contribution >= 0.6 is 15.9 Å². The van der Waals surface area contributed by atoms with E-state index < -0.39 is 5.82 Å². The molecule has 0 radical (unpaired) electrons. The molecule has 0 bridgehead atoms. The average Bonchev–Trinajstić information content (AvgIpc) is 2.35. The molecule has 2 aromatic rings. The van der Waals surface area contributed by atoms with Crippen LogP contribution in [0.15, 0.2) is 41.0 Å². The van der Waals surface area contributed by atoms with Crippen LogP contribution in [-0.2, 0) is 0 Å². The molecule has 18 heavy (non-hydrogen) atoms. The number of nitrogens with zero attached hydrogens (tertiary/aromatic N) is 1. The van der Waals surface area contributed by atoms with Crippen LogP contribution in [0.25, 0.3) is 0 Å². The van der Waals surface area contributed by atoms with Gasteiger partial charge >= 0.3 is 0 Å². The minimum absolute atomic E-state index is 0.179. The summed E-state index contributed by atoms with van der Waals surface area (Å²) >= 11 is 3.28. The molecule has 1 heterocycles. The van der Waals surface area contributed by atoms with Crippen molar-refractivity contribution in [2.24, 2.45) is 0 Å². The van der Waals surface area contributed by atoms with Gasteiger partial charge in [-0.25, -0.2) is 9.37 Å². The summed E-state index contributed by atoms with van der Waals surface area (Å²) < 4.78 is 19.8. The summed E-state index contributed by atoms with van der Waals surface area (Å²) in [6, 6.07) is 7.97. The molecule has 0 unspecified atom stereocenters.